The maximum absolute atomic E-state index is 11.6. The van der Waals surface area contributed by atoms with Crippen LogP contribution in [0.15, 0.2) is 35.4 Å². The van der Waals surface area contributed by atoms with Crippen LogP contribution in [0.1, 0.15) is 23.7 Å². The lowest BCUT2D eigenvalue weighted by Gasteiger charge is -2.04. The number of hydrogen-bond donors (Lipinski definition) is 2. The van der Waals surface area contributed by atoms with Crippen molar-refractivity contribution in [3.8, 4) is 0 Å². The lowest BCUT2D eigenvalue weighted by molar-refractivity contribution is -0.120. The first-order valence-electron chi connectivity index (χ1n) is 5.34. The largest absolute Gasteiger partial charge is 0.352 e. The third-order valence-corrected chi connectivity index (χ3v) is 1.99. The molecule has 0 heterocycles. The average Bonchev–Trinajstić information content (AvgIpc) is 2.37. The second-order valence-corrected chi connectivity index (χ2v) is 3.29. The molecule has 0 aromatic heterocycles. The van der Waals surface area contributed by atoms with Gasteiger partial charge in [-0.3, -0.25) is 9.59 Å². The van der Waals surface area contributed by atoms with Gasteiger partial charge in [-0.05, 0) is 19.1 Å². The zero-order valence-corrected chi connectivity index (χ0v) is 9.64. The molecule has 0 radical (unpaired) electrons. The predicted molar refractivity (Wildman–Crippen MR) is 65.7 cm³/mol. The quantitative estimate of drug-likeness (QED) is 0.586. The van der Waals surface area contributed by atoms with Gasteiger partial charge in [0.25, 0.3) is 5.91 Å². The molecule has 2 amide bonds. The molecule has 5 nitrogen and oxygen atoms in total. The fraction of sp³-hybridized carbons (Fsp3) is 0.250. The van der Waals surface area contributed by atoms with Crippen molar-refractivity contribution in [3.63, 3.8) is 0 Å². The molecule has 0 saturated heterocycles. The molecule has 5 heteroatoms. The van der Waals surface area contributed by atoms with Gasteiger partial charge in [0.15, 0.2) is 0 Å². The molecule has 17 heavy (non-hydrogen) atoms. The van der Waals surface area contributed by atoms with Crippen molar-refractivity contribution in [2.45, 2.75) is 13.3 Å². The second kappa shape index (κ2) is 7.16. The number of hydrogen-bond acceptors (Lipinski definition) is 3. The molecule has 0 spiro atoms. The van der Waals surface area contributed by atoms with Gasteiger partial charge >= 0.3 is 0 Å². The van der Waals surface area contributed by atoms with Crippen molar-refractivity contribution in [2.24, 2.45) is 5.10 Å². The van der Waals surface area contributed by atoms with Crippen LogP contribution >= 0.6 is 0 Å². The number of nitrogens with zero attached hydrogens (tertiary/aromatic N) is 1. The Balaban J connectivity index is 2.28. The van der Waals surface area contributed by atoms with Crippen molar-refractivity contribution in [1.29, 1.82) is 0 Å². The fourth-order valence-electron chi connectivity index (χ4n) is 1.17. The number of carbonyl (C=O) groups is 2. The SMILES string of the molecule is C/C=N\NC(=O)CCNC(=O)c1ccccc1. The highest BCUT2D eigenvalue weighted by molar-refractivity contribution is 5.94. The van der Waals surface area contributed by atoms with Crippen LogP contribution in [0.3, 0.4) is 0 Å². The van der Waals surface area contributed by atoms with E-state index in [4.69, 9.17) is 0 Å². The van der Waals surface area contributed by atoms with Crippen molar-refractivity contribution >= 4 is 18.0 Å². The van der Waals surface area contributed by atoms with E-state index in [1.165, 1.54) is 6.21 Å². The Bertz CT molecular complexity index is 401. The Labute approximate surface area is 99.9 Å². The van der Waals surface area contributed by atoms with Gasteiger partial charge in [0, 0.05) is 24.7 Å². The van der Waals surface area contributed by atoms with E-state index in [1.54, 1.807) is 31.2 Å². The Hall–Kier alpha value is -2.17. The molecular formula is C12H15N3O2. The van der Waals surface area contributed by atoms with E-state index in [0.717, 1.165) is 0 Å². The lowest BCUT2D eigenvalue weighted by Crippen LogP contribution is -2.28. The van der Waals surface area contributed by atoms with Crippen LogP contribution in [0.4, 0.5) is 0 Å². The number of carbonyl (C=O) groups excluding carboxylic acids is 2. The highest BCUT2D eigenvalue weighted by atomic mass is 16.2. The first-order chi connectivity index (χ1) is 8.24. The number of nitrogens with one attached hydrogen (secondary N) is 2. The van der Waals surface area contributed by atoms with E-state index in [1.807, 2.05) is 6.07 Å². The maximum Gasteiger partial charge on any atom is 0.251 e. The van der Waals surface area contributed by atoms with Crippen LogP contribution in [0, 0.1) is 0 Å². The normalized spacial score (nSPS) is 10.2. The summed E-state index contributed by atoms with van der Waals surface area (Å²) in [6.45, 7) is 2.00. The first kappa shape index (κ1) is 12.9. The zero-order valence-electron chi connectivity index (χ0n) is 9.64. The topological polar surface area (TPSA) is 70.6 Å². The molecule has 1 aromatic carbocycles. The van der Waals surface area contributed by atoms with Crippen molar-refractivity contribution in [2.75, 3.05) is 6.54 Å². The summed E-state index contributed by atoms with van der Waals surface area (Å²) in [5.74, 6) is -0.408. The fourth-order valence-corrected chi connectivity index (χ4v) is 1.17. The molecule has 0 unspecified atom stereocenters. The van der Waals surface area contributed by atoms with Crippen LogP contribution < -0.4 is 10.7 Å². The van der Waals surface area contributed by atoms with Gasteiger partial charge in [0.1, 0.15) is 0 Å². The molecule has 0 aliphatic heterocycles. The summed E-state index contributed by atoms with van der Waals surface area (Å²) >= 11 is 0. The van der Waals surface area contributed by atoms with E-state index in [-0.39, 0.29) is 18.2 Å². The summed E-state index contributed by atoms with van der Waals surface area (Å²) in [6.07, 6.45) is 1.69. The Morgan fingerprint density at radius 2 is 2.00 bits per heavy atom. The molecule has 2 N–H and O–H groups in total. The summed E-state index contributed by atoms with van der Waals surface area (Å²) in [4.78, 5) is 22.7. The van der Waals surface area contributed by atoms with Gasteiger partial charge in [-0.2, -0.15) is 5.10 Å². The van der Waals surface area contributed by atoms with E-state index >= 15 is 0 Å². The van der Waals surface area contributed by atoms with Crippen LogP contribution in [0.25, 0.3) is 0 Å². The Morgan fingerprint density at radius 3 is 2.65 bits per heavy atom. The van der Waals surface area contributed by atoms with Crippen molar-refractivity contribution < 1.29 is 9.59 Å². The Morgan fingerprint density at radius 1 is 1.29 bits per heavy atom. The van der Waals surface area contributed by atoms with Gasteiger partial charge in [0.05, 0.1) is 0 Å². The number of benzene rings is 1. The molecular weight excluding hydrogens is 218 g/mol. The third-order valence-electron chi connectivity index (χ3n) is 1.99. The number of hydrazone groups is 1. The van der Waals surface area contributed by atoms with Gasteiger partial charge in [-0.25, -0.2) is 5.43 Å². The minimum Gasteiger partial charge on any atom is -0.352 e. The second-order valence-electron chi connectivity index (χ2n) is 3.29. The third kappa shape index (κ3) is 4.92. The van der Waals surface area contributed by atoms with Crippen LogP contribution in [-0.2, 0) is 4.79 Å². The van der Waals surface area contributed by atoms with Crippen LogP contribution in [-0.4, -0.2) is 24.6 Å². The van der Waals surface area contributed by atoms with Crippen LogP contribution in [0.2, 0.25) is 0 Å². The van der Waals surface area contributed by atoms with E-state index < -0.39 is 0 Å². The van der Waals surface area contributed by atoms with E-state index in [0.29, 0.717) is 12.1 Å². The first-order valence-corrected chi connectivity index (χ1v) is 5.34. The molecule has 0 aliphatic carbocycles. The minimum absolute atomic E-state index is 0.183. The van der Waals surface area contributed by atoms with Crippen molar-refractivity contribution in [1.82, 2.24) is 10.7 Å². The minimum atomic E-state index is -0.225. The van der Waals surface area contributed by atoms with E-state index in [2.05, 4.69) is 15.8 Å². The molecule has 1 aromatic rings. The molecule has 0 atom stereocenters. The highest BCUT2D eigenvalue weighted by Gasteiger charge is 2.04. The molecule has 1 rings (SSSR count). The average molecular weight is 233 g/mol. The Kier molecular flexibility index (Phi) is 5.43. The predicted octanol–water partition coefficient (Wildman–Crippen LogP) is 0.928. The molecule has 90 valence electrons. The number of rotatable bonds is 5. The molecule has 0 fully saturated rings. The van der Waals surface area contributed by atoms with Gasteiger partial charge in [0.2, 0.25) is 5.91 Å². The smallest absolute Gasteiger partial charge is 0.251 e. The summed E-state index contributed by atoms with van der Waals surface area (Å²) in [5, 5.41) is 6.25. The summed E-state index contributed by atoms with van der Waals surface area (Å²) in [7, 11) is 0. The van der Waals surface area contributed by atoms with Gasteiger partial charge < -0.3 is 5.32 Å². The molecule has 0 bridgehead atoms. The van der Waals surface area contributed by atoms with E-state index in [9.17, 15) is 9.59 Å². The van der Waals surface area contributed by atoms with Crippen LogP contribution in [0.5, 0.6) is 0 Å². The summed E-state index contributed by atoms with van der Waals surface area (Å²) in [5.41, 5.74) is 2.91. The monoisotopic (exact) mass is 233 g/mol. The highest BCUT2D eigenvalue weighted by Crippen LogP contribution is 1.97. The van der Waals surface area contributed by atoms with Crippen molar-refractivity contribution in [3.05, 3.63) is 35.9 Å². The maximum atomic E-state index is 11.6. The summed E-state index contributed by atoms with van der Waals surface area (Å²) in [6, 6.07) is 8.86. The molecule has 0 saturated carbocycles. The standard InChI is InChI=1S/C12H15N3O2/c1-2-14-15-11(16)8-9-13-12(17)10-6-4-3-5-7-10/h2-7H,8-9H2,1H3,(H,13,17)(H,15,16)/b14-2-. The van der Waals surface area contributed by atoms with Gasteiger partial charge in [-0.1, -0.05) is 18.2 Å². The summed E-state index contributed by atoms with van der Waals surface area (Å²) < 4.78 is 0. The van der Waals surface area contributed by atoms with Gasteiger partial charge in [-0.15, -0.1) is 0 Å². The molecule has 0 aliphatic rings. The lowest BCUT2D eigenvalue weighted by atomic mass is 10.2. The zero-order chi connectivity index (χ0) is 12.5. The number of amides is 2.